The lowest BCUT2D eigenvalue weighted by atomic mass is 10.2. The van der Waals surface area contributed by atoms with Gasteiger partial charge in [-0.05, 0) is 31.2 Å². The van der Waals surface area contributed by atoms with E-state index in [1.165, 1.54) is 34.8 Å². The molecule has 0 spiro atoms. The van der Waals surface area contributed by atoms with Crippen molar-refractivity contribution < 1.29 is 9.72 Å². The summed E-state index contributed by atoms with van der Waals surface area (Å²) >= 11 is 15.1. The number of thiophene rings is 1. The molecule has 2 aromatic carbocycles. The first kappa shape index (κ1) is 19.1. The molecule has 2 aromatic heterocycles. The van der Waals surface area contributed by atoms with Gasteiger partial charge in [0.1, 0.15) is 0 Å². The molecule has 0 saturated carbocycles. The monoisotopic (exact) mass is 451 g/mol. The average Bonchev–Trinajstić information content (AvgIpc) is 3.25. The zero-order chi connectivity index (χ0) is 20.0. The largest absolute Gasteiger partial charge is 0.315 e. The highest BCUT2D eigenvalue weighted by Gasteiger charge is 2.16. The molecule has 0 N–H and O–H groups in total. The Kier molecular flexibility index (Phi) is 4.96. The van der Waals surface area contributed by atoms with Crippen molar-refractivity contribution in [2.45, 2.75) is 13.5 Å². The molecule has 0 aliphatic rings. The molecule has 0 saturated heterocycles. The quantitative estimate of drug-likeness (QED) is 0.287. The number of thiazole rings is 1. The van der Waals surface area contributed by atoms with E-state index in [0.29, 0.717) is 31.7 Å². The first-order valence-corrected chi connectivity index (χ1v) is 10.5. The molecule has 0 aliphatic heterocycles. The maximum atomic E-state index is 12.8. The van der Waals surface area contributed by atoms with E-state index in [1.807, 2.05) is 11.5 Å². The summed E-state index contributed by atoms with van der Waals surface area (Å²) in [6.07, 6.45) is 0. The van der Waals surface area contributed by atoms with Gasteiger partial charge in [-0.2, -0.15) is 4.99 Å². The fourth-order valence-electron chi connectivity index (χ4n) is 2.88. The van der Waals surface area contributed by atoms with Gasteiger partial charge in [0.25, 0.3) is 11.6 Å². The number of aromatic nitrogens is 1. The third kappa shape index (κ3) is 3.22. The number of rotatable bonds is 3. The number of nitro benzene ring substituents is 1. The van der Waals surface area contributed by atoms with Crippen LogP contribution >= 0.6 is 45.9 Å². The van der Waals surface area contributed by atoms with Gasteiger partial charge in [0.2, 0.25) is 0 Å². The minimum Gasteiger partial charge on any atom is -0.315 e. The van der Waals surface area contributed by atoms with E-state index in [4.69, 9.17) is 23.2 Å². The maximum Gasteiger partial charge on any atom is 0.289 e. The minimum absolute atomic E-state index is 0.0150. The highest BCUT2D eigenvalue weighted by molar-refractivity contribution is 7.21. The number of nitrogens with zero attached hydrogens (tertiary/aromatic N) is 3. The van der Waals surface area contributed by atoms with E-state index >= 15 is 0 Å². The van der Waals surface area contributed by atoms with E-state index < -0.39 is 10.8 Å². The van der Waals surface area contributed by atoms with Crippen LogP contribution in [0.3, 0.4) is 0 Å². The molecule has 0 aliphatic carbocycles. The lowest BCUT2D eigenvalue weighted by Crippen LogP contribution is -2.15. The molecule has 4 aromatic rings. The van der Waals surface area contributed by atoms with Gasteiger partial charge < -0.3 is 4.57 Å². The highest BCUT2D eigenvalue weighted by atomic mass is 35.5. The van der Waals surface area contributed by atoms with Gasteiger partial charge in [-0.3, -0.25) is 14.9 Å². The smallest absolute Gasteiger partial charge is 0.289 e. The van der Waals surface area contributed by atoms with E-state index in [0.717, 1.165) is 14.9 Å². The zero-order valence-corrected chi connectivity index (χ0v) is 17.5. The van der Waals surface area contributed by atoms with Crippen molar-refractivity contribution in [2.75, 3.05) is 0 Å². The molecule has 6 nitrogen and oxygen atoms in total. The molecule has 142 valence electrons. The molecule has 0 fully saturated rings. The number of carbonyl (C=O) groups is 1. The fraction of sp³-hybridized carbons (Fsp3) is 0.111. The summed E-state index contributed by atoms with van der Waals surface area (Å²) in [4.78, 5) is 28.4. The van der Waals surface area contributed by atoms with Crippen LogP contribution in [-0.4, -0.2) is 15.4 Å². The van der Waals surface area contributed by atoms with Crippen LogP contribution in [0.25, 0.3) is 20.3 Å². The van der Waals surface area contributed by atoms with Crippen molar-refractivity contribution >= 4 is 77.8 Å². The van der Waals surface area contributed by atoms with E-state index in [9.17, 15) is 14.9 Å². The lowest BCUT2D eigenvalue weighted by Gasteiger charge is -2.02. The topological polar surface area (TPSA) is 77.5 Å². The molecule has 0 atom stereocenters. The third-order valence-corrected chi connectivity index (χ3v) is 7.11. The molecule has 4 rings (SSSR count). The molecular formula is C18H11Cl2N3O3S2. The number of halogens is 2. The van der Waals surface area contributed by atoms with Crippen molar-refractivity contribution in [2.24, 2.45) is 4.99 Å². The Morgan fingerprint density at radius 3 is 2.64 bits per heavy atom. The molecule has 0 bridgehead atoms. The summed E-state index contributed by atoms with van der Waals surface area (Å²) in [5.41, 5.74) is 0.735. The number of hydrogen-bond donors (Lipinski definition) is 0. The Hall–Kier alpha value is -2.26. The van der Waals surface area contributed by atoms with Crippen molar-refractivity contribution in [3.05, 3.63) is 66.2 Å². The average molecular weight is 452 g/mol. The second kappa shape index (κ2) is 7.29. The van der Waals surface area contributed by atoms with Gasteiger partial charge in [-0.1, -0.05) is 34.5 Å². The molecular weight excluding hydrogens is 441 g/mol. The van der Waals surface area contributed by atoms with Crippen LogP contribution in [0.4, 0.5) is 5.69 Å². The van der Waals surface area contributed by atoms with Crippen molar-refractivity contribution in [3.63, 3.8) is 0 Å². The number of carbonyl (C=O) groups excluding carboxylic acids is 1. The predicted molar refractivity (Wildman–Crippen MR) is 114 cm³/mol. The van der Waals surface area contributed by atoms with Crippen molar-refractivity contribution in [1.82, 2.24) is 4.57 Å². The lowest BCUT2D eigenvalue weighted by molar-refractivity contribution is -0.384. The molecule has 10 heteroatoms. The van der Waals surface area contributed by atoms with Gasteiger partial charge in [0.05, 0.1) is 30.1 Å². The molecule has 2 heterocycles. The SMILES string of the molecule is CCn1c(=NC(=O)c2cc3cc([N+](=O)[O-])ccc3s2)sc2c(Cl)ccc(Cl)c21. The minimum atomic E-state index is -0.460. The summed E-state index contributed by atoms with van der Waals surface area (Å²) < 4.78 is 3.41. The Labute approximate surface area is 176 Å². The zero-order valence-electron chi connectivity index (χ0n) is 14.3. The Morgan fingerprint density at radius 1 is 1.18 bits per heavy atom. The fourth-order valence-corrected chi connectivity index (χ4v) is 5.52. The number of amides is 1. The first-order valence-electron chi connectivity index (χ1n) is 8.13. The molecule has 0 unspecified atom stereocenters. The second-order valence-corrected chi connectivity index (χ2v) is 8.72. The van der Waals surface area contributed by atoms with Gasteiger partial charge in [0.15, 0.2) is 4.80 Å². The maximum absolute atomic E-state index is 12.8. The summed E-state index contributed by atoms with van der Waals surface area (Å²) in [5.74, 6) is -0.412. The highest BCUT2D eigenvalue weighted by Crippen LogP contribution is 2.32. The van der Waals surface area contributed by atoms with Crippen molar-refractivity contribution in [1.29, 1.82) is 0 Å². The second-order valence-electron chi connectivity index (χ2n) is 5.84. The van der Waals surface area contributed by atoms with Crippen LogP contribution in [0.5, 0.6) is 0 Å². The van der Waals surface area contributed by atoms with Gasteiger partial charge in [-0.15, -0.1) is 11.3 Å². The number of nitro groups is 1. The summed E-state index contributed by atoms with van der Waals surface area (Å²) in [7, 11) is 0. The van der Waals surface area contributed by atoms with Crippen LogP contribution in [0, 0.1) is 10.1 Å². The van der Waals surface area contributed by atoms with Crippen LogP contribution < -0.4 is 4.80 Å². The van der Waals surface area contributed by atoms with Crippen LogP contribution in [-0.2, 0) is 6.54 Å². The summed E-state index contributed by atoms with van der Waals surface area (Å²) in [6.45, 7) is 2.51. The number of non-ortho nitro benzene ring substituents is 1. The molecule has 0 radical (unpaired) electrons. The molecule has 1 amide bonds. The molecule has 28 heavy (non-hydrogen) atoms. The third-order valence-electron chi connectivity index (χ3n) is 4.16. The van der Waals surface area contributed by atoms with Crippen molar-refractivity contribution in [3.8, 4) is 0 Å². The van der Waals surface area contributed by atoms with Gasteiger partial charge in [0, 0.05) is 28.8 Å². The first-order chi connectivity index (χ1) is 13.4. The standard InChI is InChI=1S/C18H11Cl2N3O3S2/c1-2-22-15-11(19)4-5-12(20)16(15)28-18(22)21-17(24)14-8-9-7-10(23(25)26)3-6-13(9)27-14/h3-8H,2H2,1H3. The normalized spacial score (nSPS) is 12.2. The van der Waals surface area contributed by atoms with Gasteiger partial charge in [-0.25, -0.2) is 0 Å². The van der Waals surface area contributed by atoms with Crippen LogP contribution in [0.1, 0.15) is 16.6 Å². The van der Waals surface area contributed by atoms with E-state index in [2.05, 4.69) is 4.99 Å². The van der Waals surface area contributed by atoms with Crippen LogP contribution in [0.15, 0.2) is 41.4 Å². The van der Waals surface area contributed by atoms with E-state index in [-0.39, 0.29) is 5.69 Å². The van der Waals surface area contributed by atoms with Gasteiger partial charge >= 0.3 is 0 Å². The Bertz CT molecular complexity index is 1340. The summed E-state index contributed by atoms with van der Waals surface area (Å²) in [6, 6.07) is 9.57. The number of hydrogen-bond acceptors (Lipinski definition) is 5. The van der Waals surface area contributed by atoms with Crippen LogP contribution in [0.2, 0.25) is 10.0 Å². The number of aryl methyl sites for hydroxylation is 1. The Morgan fingerprint density at radius 2 is 1.93 bits per heavy atom. The van der Waals surface area contributed by atoms with E-state index in [1.54, 1.807) is 24.3 Å². The predicted octanol–water partition coefficient (Wildman–Crippen LogP) is 5.89. The summed E-state index contributed by atoms with van der Waals surface area (Å²) in [5, 5.41) is 12.7. The number of fused-ring (bicyclic) bond motifs is 2. The Balaban J connectivity index is 1.84. The number of benzene rings is 2.